The Morgan fingerprint density at radius 1 is 1.23 bits per heavy atom. The Bertz CT molecular complexity index is 1340. The molecule has 4 aliphatic carbocycles. The second-order valence-corrected chi connectivity index (χ2v) is 13.5. The number of hydrogen-bond donors (Lipinski definition) is 1. The Kier molecular flexibility index (Phi) is 6.32. The van der Waals surface area contributed by atoms with Gasteiger partial charge in [-0.05, 0) is 74.5 Å². The number of esters is 1. The van der Waals surface area contributed by atoms with Crippen LogP contribution in [0.5, 0.6) is 0 Å². The molecule has 0 radical (unpaired) electrons. The average molecular weight is 550 g/mol. The highest BCUT2D eigenvalue weighted by Gasteiger charge is 2.77. The maximum Gasteiger partial charge on any atom is 0.303 e. The number of alkyl halides is 1. The Labute approximate surface area is 235 Å². The molecule has 5 aliphatic rings. The summed E-state index contributed by atoms with van der Waals surface area (Å²) in [5.74, 6) is -1.34. The molecule has 0 bridgehead atoms. The van der Waals surface area contributed by atoms with Gasteiger partial charge >= 0.3 is 5.97 Å². The lowest BCUT2D eigenvalue weighted by molar-refractivity contribution is -0.207. The number of halogens is 1. The molecule has 8 atom stereocenters. The van der Waals surface area contributed by atoms with Gasteiger partial charge in [0.2, 0.25) is 0 Å². The number of Topliss-reactive ketones (excluding diaryl/α,β-unsaturated/α-hetero) is 1. The third kappa shape index (κ3) is 3.62. The lowest BCUT2D eigenvalue weighted by Gasteiger charge is -2.63. The second-order valence-electron chi connectivity index (χ2n) is 13.5. The molecule has 6 rings (SSSR count). The quantitative estimate of drug-likeness (QED) is 0.544. The number of benzene rings is 1. The number of aryl methyl sites for hydroxylation is 1. The van der Waals surface area contributed by atoms with E-state index in [9.17, 15) is 19.5 Å². The first-order valence-corrected chi connectivity index (χ1v) is 14.6. The van der Waals surface area contributed by atoms with E-state index in [0.29, 0.717) is 38.9 Å². The summed E-state index contributed by atoms with van der Waals surface area (Å²) < 4.78 is 22.9. The van der Waals surface area contributed by atoms with E-state index in [1.54, 1.807) is 12.2 Å². The van der Waals surface area contributed by atoms with E-state index in [2.05, 4.69) is 36.9 Å². The Hall–Kier alpha value is -2.64. The van der Waals surface area contributed by atoms with Crippen molar-refractivity contribution in [2.75, 3.05) is 19.7 Å². The molecular weight excluding hydrogens is 509 g/mol. The monoisotopic (exact) mass is 549 g/mol. The van der Waals surface area contributed by atoms with Crippen molar-refractivity contribution in [2.45, 2.75) is 71.7 Å². The fourth-order valence-electron chi connectivity index (χ4n) is 9.87. The van der Waals surface area contributed by atoms with E-state index in [0.717, 1.165) is 5.57 Å². The minimum absolute atomic E-state index is 0.0295. The van der Waals surface area contributed by atoms with E-state index in [1.165, 1.54) is 24.1 Å². The summed E-state index contributed by atoms with van der Waals surface area (Å²) in [6.45, 7) is 8.86. The number of fused-ring (bicyclic) bond motifs is 7. The molecule has 6 nitrogen and oxygen atoms in total. The molecule has 1 saturated heterocycles. The summed E-state index contributed by atoms with van der Waals surface area (Å²) >= 11 is 0. The summed E-state index contributed by atoms with van der Waals surface area (Å²) in [5.41, 5.74) is -1.40. The van der Waals surface area contributed by atoms with Crippen molar-refractivity contribution < 1.29 is 28.6 Å². The van der Waals surface area contributed by atoms with Crippen LogP contribution in [-0.4, -0.2) is 59.0 Å². The van der Waals surface area contributed by atoms with Crippen molar-refractivity contribution in [1.82, 2.24) is 4.90 Å². The predicted octanol–water partition coefficient (Wildman–Crippen LogP) is 4.53. The minimum Gasteiger partial charge on any atom is -0.458 e. The molecule has 8 unspecified atom stereocenters. The van der Waals surface area contributed by atoms with Crippen LogP contribution in [0, 0.1) is 40.9 Å². The van der Waals surface area contributed by atoms with Gasteiger partial charge in [0.25, 0.3) is 0 Å². The zero-order valence-corrected chi connectivity index (χ0v) is 23.9. The SMILES string of the molecule is CC(=O)OCC(=O)C12CN(Cc3cccc(C)c3)CC1CC1C3CCC4=CC(=O)C=CC4(C)C3(F)C(O)CC12C. The van der Waals surface area contributed by atoms with Crippen LogP contribution in [0.1, 0.15) is 57.6 Å². The van der Waals surface area contributed by atoms with Crippen LogP contribution in [0.3, 0.4) is 0 Å². The molecule has 1 aliphatic heterocycles. The first-order valence-electron chi connectivity index (χ1n) is 14.6. The number of nitrogens with zero attached hydrogens (tertiary/aromatic N) is 1. The molecule has 1 aromatic carbocycles. The minimum atomic E-state index is -1.93. The molecular formula is C33H40FNO5. The third-order valence-electron chi connectivity index (χ3n) is 11.6. The number of ketones is 2. The fourth-order valence-corrected chi connectivity index (χ4v) is 9.87. The van der Waals surface area contributed by atoms with Gasteiger partial charge in [0.1, 0.15) is 0 Å². The Balaban J connectivity index is 1.39. The first-order chi connectivity index (χ1) is 18.8. The standard InChI is InChI=1S/C33H40FNO5/c1-20-6-5-7-22(12-20)16-35-17-24-14-27-26-9-8-23-13-25(37)10-11-30(23,3)33(26,34)28(38)15-31(27,4)32(24,19-35)29(39)18-40-21(2)36/h5-7,10-13,24,26-28,38H,8-9,14-19H2,1-4H3. The normalized spacial score (nSPS) is 42.0. The van der Waals surface area contributed by atoms with Gasteiger partial charge in [0, 0.05) is 37.9 Å². The van der Waals surface area contributed by atoms with Crippen LogP contribution >= 0.6 is 0 Å². The lowest BCUT2D eigenvalue weighted by atomic mass is 9.43. The molecule has 214 valence electrons. The molecule has 7 heteroatoms. The topological polar surface area (TPSA) is 83.9 Å². The highest BCUT2D eigenvalue weighted by atomic mass is 19.1. The van der Waals surface area contributed by atoms with Crippen LogP contribution in [0.2, 0.25) is 0 Å². The summed E-state index contributed by atoms with van der Waals surface area (Å²) in [4.78, 5) is 40.4. The Morgan fingerprint density at radius 3 is 2.73 bits per heavy atom. The van der Waals surface area contributed by atoms with Gasteiger partial charge in [0.15, 0.2) is 23.8 Å². The van der Waals surface area contributed by atoms with Crippen LogP contribution < -0.4 is 0 Å². The Morgan fingerprint density at radius 2 is 2.00 bits per heavy atom. The number of aliphatic hydroxyl groups is 1. The number of allylic oxidation sites excluding steroid dienone is 4. The lowest BCUT2D eigenvalue weighted by Crippen LogP contribution is -2.68. The van der Waals surface area contributed by atoms with E-state index in [-0.39, 0.29) is 36.4 Å². The number of aliphatic hydroxyl groups excluding tert-OH is 1. The van der Waals surface area contributed by atoms with Gasteiger partial charge in [-0.2, -0.15) is 0 Å². The molecule has 0 amide bonds. The average Bonchev–Trinajstić information content (AvgIpc) is 3.36. The van der Waals surface area contributed by atoms with Gasteiger partial charge in [-0.3, -0.25) is 19.3 Å². The second kappa shape index (κ2) is 9.18. The largest absolute Gasteiger partial charge is 0.458 e. The van der Waals surface area contributed by atoms with Gasteiger partial charge in [0.05, 0.1) is 11.5 Å². The maximum absolute atomic E-state index is 17.6. The number of likely N-dealkylation sites (tertiary alicyclic amines) is 1. The van der Waals surface area contributed by atoms with E-state index in [1.807, 2.05) is 13.0 Å². The van der Waals surface area contributed by atoms with Crippen molar-refractivity contribution in [3.05, 3.63) is 59.2 Å². The molecule has 0 aromatic heterocycles. The predicted molar refractivity (Wildman–Crippen MR) is 148 cm³/mol. The molecule has 1 N–H and O–H groups in total. The molecule has 0 spiro atoms. The van der Waals surface area contributed by atoms with E-state index < -0.39 is 39.9 Å². The maximum atomic E-state index is 17.6. The van der Waals surface area contributed by atoms with Crippen molar-refractivity contribution in [3.63, 3.8) is 0 Å². The smallest absolute Gasteiger partial charge is 0.303 e. The number of ether oxygens (including phenoxy) is 1. The van der Waals surface area contributed by atoms with Crippen molar-refractivity contribution in [3.8, 4) is 0 Å². The number of rotatable bonds is 5. The number of carbonyl (C=O) groups is 3. The fraction of sp³-hybridized carbons (Fsp3) is 0.606. The number of carbonyl (C=O) groups excluding carboxylic acids is 3. The highest BCUT2D eigenvalue weighted by Crippen LogP contribution is 2.74. The molecule has 4 fully saturated rings. The van der Waals surface area contributed by atoms with Gasteiger partial charge in [-0.1, -0.05) is 48.4 Å². The van der Waals surface area contributed by atoms with Gasteiger partial charge < -0.3 is 9.84 Å². The van der Waals surface area contributed by atoms with E-state index >= 15 is 4.39 Å². The summed E-state index contributed by atoms with van der Waals surface area (Å²) in [6, 6.07) is 8.35. The van der Waals surface area contributed by atoms with Crippen molar-refractivity contribution in [1.29, 1.82) is 0 Å². The molecule has 40 heavy (non-hydrogen) atoms. The third-order valence-corrected chi connectivity index (χ3v) is 11.6. The molecule has 3 saturated carbocycles. The zero-order valence-electron chi connectivity index (χ0n) is 23.9. The summed E-state index contributed by atoms with van der Waals surface area (Å²) in [7, 11) is 0. The van der Waals surface area contributed by atoms with Crippen LogP contribution in [0.25, 0.3) is 0 Å². The summed E-state index contributed by atoms with van der Waals surface area (Å²) in [6.07, 6.45) is 5.32. The molecule has 1 heterocycles. The first kappa shape index (κ1) is 27.5. The highest BCUT2D eigenvalue weighted by molar-refractivity contribution is 6.01. The molecule has 1 aromatic rings. The summed E-state index contributed by atoms with van der Waals surface area (Å²) in [5, 5.41) is 11.8. The van der Waals surface area contributed by atoms with Crippen LogP contribution in [-0.2, 0) is 25.7 Å². The van der Waals surface area contributed by atoms with E-state index in [4.69, 9.17) is 4.74 Å². The van der Waals surface area contributed by atoms with Crippen LogP contribution in [0.4, 0.5) is 4.39 Å². The van der Waals surface area contributed by atoms with Crippen molar-refractivity contribution >= 4 is 17.5 Å². The van der Waals surface area contributed by atoms with Crippen molar-refractivity contribution in [2.24, 2.45) is 34.0 Å². The van der Waals surface area contributed by atoms with Gasteiger partial charge in [-0.25, -0.2) is 4.39 Å². The van der Waals surface area contributed by atoms with Crippen LogP contribution in [0.15, 0.2) is 48.1 Å². The number of hydrogen-bond acceptors (Lipinski definition) is 6. The zero-order chi connectivity index (χ0) is 28.7. The van der Waals surface area contributed by atoms with Gasteiger partial charge in [-0.15, -0.1) is 0 Å².